The van der Waals surface area contributed by atoms with Crippen LogP contribution in [0.5, 0.6) is 0 Å². The number of nitrogens with zero attached hydrogens (tertiary/aromatic N) is 2. The highest BCUT2D eigenvalue weighted by atomic mass is 32.2. The molecule has 2 bridgehead atoms. The first-order valence-corrected chi connectivity index (χ1v) is 16.0. The lowest BCUT2D eigenvalue weighted by atomic mass is 9.75. The number of allylic oxidation sites excluding steroid dienone is 1. The maximum absolute atomic E-state index is 13.9. The summed E-state index contributed by atoms with van der Waals surface area (Å²) in [5, 5.41) is 4.67. The molecule has 1 saturated carbocycles. The first-order valence-electron chi connectivity index (χ1n) is 11.8. The zero-order chi connectivity index (χ0) is 26.1. The molecule has 6 rings (SSSR count). The first kappa shape index (κ1) is 24.5. The van der Waals surface area contributed by atoms with E-state index >= 15 is 0 Å². The summed E-state index contributed by atoms with van der Waals surface area (Å²) in [5.41, 5.74) is 1.16. The Morgan fingerprint density at radius 2 is 1.89 bits per heavy atom. The number of benzene rings is 1. The number of carbonyl (C=O) groups excluding carboxylic acids is 2. The van der Waals surface area contributed by atoms with E-state index in [1.165, 1.54) is 5.38 Å². The van der Waals surface area contributed by atoms with E-state index in [1.807, 2.05) is 36.4 Å². The third-order valence-corrected chi connectivity index (χ3v) is 10.6. The van der Waals surface area contributed by atoms with Gasteiger partial charge in [-0.1, -0.05) is 42.5 Å². The second-order valence-electron chi connectivity index (χ2n) is 9.84. The average molecular weight is 561 g/mol. The van der Waals surface area contributed by atoms with Crippen molar-refractivity contribution in [3.05, 3.63) is 59.0 Å². The summed E-state index contributed by atoms with van der Waals surface area (Å²) in [5.74, 6) is -2.66. The third kappa shape index (κ3) is 4.13. The highest BCUT2D eigenvalue weighted by Gasteiger charge is 2.59. The molecule has 0 radical (unpaired) electrons. The van der Waals surface area contributed by atoms with E-state index in [0.29, 0.717) is 6.54 Å². The second-order valence-corrected chi connectivity index (χ2v) is 14.1. The molecule has 1 aromatic heterocycles. The van der Waals surface area contributed by atoms with Gasteiger partial charge in [-0.15, -0.1) is 15.7 Å². The number of amidine groups is 1. The molecule has 37 heavy (non-hydrogen) atoms. The van der Waals surface area contributed by atoms with Crippen molar-refractivity contribution in [2.24, 2.45) is 28.1 Å². The number of Topliss-reactive ketones (excluding diaryl/α,β-unsaturated/α-hetero) is 1. The molecular formula is C24H24N4O6S3. The predicted octanol–water partition coefficient (Wildman–Crippen LogP) is 1.73. The Balaban J connectivity index is 1.36. The molecule has 0 spiro atoms. The zero-order valence-corrected chi connectivity index (χ0v) is 22.1. The van der Waals surface area contributed by atoms with Gasteiger partial charge in [0.2, 0.25) is 15.9 Å². The number of nitrogens with one attached hydrogen (secondary N) is 2. The normalized spacial score (nSPS) is 29.6. The molecule has 1 saturated heterocycles. The van der Waals surface area contributed by atoms with Gasteiger partial charge in [-0.25, -0.2) is 13.1 Å². The van der Waals surface area contributed by atoms with Crippen LogP contribution in [0.3, 0.4) is 0 Å². The van der Waals surface area contributed by atoms with Crippen molar-refractivity contribution in [2.75, 3.05) is 11.6 Å². The van der Waals surface area contributed by atoms with Crippen molar-refractivity contribution in [1.29, 1.82) is 0 Å². The Hall–Kier alpha value is -2.87. The number of rotatable bonds is 6. The fourth-order valence-electron chi connectivity index (χ4n) is 5.96. The van der Waals surface area contributed by atoms with E-state index in [0.717, 1.165) is 29.6 Å². The van der Waals surface area contributed by atoms with Gasteiger partial charge in [0.25, 0.3) is 10.0 Å². The Labute approximate surface area is 218 Å². The highest BCUT2D eigenvalue weighted by Crippen LogP contribution is 2.51. The number of piperidine rings is 1. The highest BCUT2D eigenvalue weighted by molar-refractivity contribution is 7.91. The van der Waals surface area contributed by atoms with Gasteiger partial charge in [-0.05, 0) is 29.2 Å². The molecule has 194 valence electrons. The summed E-state index contributed by atoms with van der Waals surface area (Å²) >= 11 is 1.06. The standard InChI is InChI=1S/C24H24N4O6S3/c1-36(31,32)25-10-16-12-35-23-21(16)37(33,34)27-22(26-23)18-20(29)17-14-7-8-15(9-14)19(17)28(24(18)30)11-13-5-3-2-4-6-13/h2-8,12,14-15,17-19,25H,9-11H2,1H3,(H,26,27). The third-order valence-electron chi connectivity index (χ3n) is 7.45. The molecule has 5 unspecified atom stereocenters. The van der Waals surface area contributed by atoms with Crippen LogP contribution in [0.1, 0.15) is 17.5 Å². The molecular weight excluding hydrogens is 536 g/mol. The summed E-state index contributed by atoms with van der Waals surface area (Å²) in [6, 6.07) is 9.24. The minimum absolute atomic E-state index is 0.00291. The molecule has 2 fully saturated rings. The molecule has 2 aliphatic carbocycles. The number of hydrogen-bond donors (Lipinski definition) is 2. The zero-order valence-electron chi connectivity index (χ0n) is 19.7. The summed E-state index contributed by atoms with van der Waals surface area (Å²) < 4.78 is 55.7. The predicted molar refractivity (Wildman–Crippen MR) is 138 cm³/mol. The van der Waals surface area contributed by atoms with Gasteiger partial charge in [0, 0.05) is 30.6 Å². The maximum atomic E-state index is 13.9. The lowest BCUT2D eigenvalue weighted by Gasteiger charge is -2.44. The Bertz CT molecular complexity index is 1580. The van der Waals surface area contributed by atoms with Crippen LogP contribution in [0.4, 0.5) is 5.00 Å². The number of ketones is 1. The van der Waals surface area contributed by atoms with Crippen LogP contribution in [-0.4, -0.2) is 51.6 Å². The van der Waals surface area contributed by atoms with Crippen LogP contribution < -0.4 is 10.0 Å². The van der Waals surface area contributed by atoms with Gasteiger partial charge in [-0.2, -0.15) is 8.42 Å². The fraction of sp³-hybridized carbons (Fsp3) is 0.375. The van der Waals surface area contributed by atoms with Gasteiger partial charge < -0.3 is 10.2 Å². The van der Waals surface area contributed by atoms with Crippen LogP contribution in [0.2, 0.25) is 0 Å². The van der Waals surface area contributed by atoms with Crippen LogP contribution in [0.25, 0.3) is 0 Å². The van der Waals surface area contributed by atoms with Gasteiger partial charge >= 0.3 is 0 Å². The maximum Gasteiger partial charge on any atom is 0.287 e. The lowest BCUT2D eigenvalue weighted by molar-refractivity contribution is -0.151. The number of thiophene rings is 1. The van der Waals surface area contributed by atoms with Crippen LogP contribution in [-0.2, 0) is 42.7 Å². The lowest BCUT2D eigenvalue weighted by Crippen LogP contribution is -2.60. The fourth-order valence-corrected chi connectivity index (χ4v) is 9.03. The first-order chi connectivity index (χ1) is 17.5. The van der Waals surface area contributed by atoms with Gasteiger partial charge in [0.05, 0.1) is 6.26 Å². The average Bonchev–Trinajstić information content (AvgIpc) is 3.55. The molecule has 1 aromatic carbocycles. The quantitative estimate of drug-likeness (QED) is 0.405. The van der Waals surface area contributed by atoms with E-state index in [1.54, 1.807) is 4.90 Å². The number of carbonyl (C=O) groups is 2. The van der Waals surface area contributed by atoms with Crippen molar-refractivity contribution in [3.8, 4) is 0 Å². The van der Waals surface area contributed by atoms with Crippen molar-refractivity contribution in [3.63, 3.8) is 0 Å². The molecule has 5 atom stereocenters. The smallest absolute Gasteiger partial charge is 0.287 e. The van der Waals surface area contributed by atoms with Crippen molar-refractivity contribution in [1.82, 2.24) is 9.62 Å². The molecule has 1 amide bonds. The number of likely N-dealkylation sites (tertiary alicyclic amines) is 1. The molecule has 2 N–H and O–H groups in total. The van der Waals surface area contributed by atoms with Gasteiger partial charge in [-0.3, -0.25) is 9.59 Å². The molecule has 2 aliphatic heterocycles. The molecule has 3 heterocycles. The number of anilines is 1. The molecule has 13 heteroatoms. The summed E-state index contributed by atoms with van der Waals surface area (Å²) in [7, 11) is -7.84. The number of amides is 1. The monoisotopic (exact) mass is 560 g/mol. The van der Waals surface area contributed by atoms with Gasteiger partial charge in [0.1, 0.15) is 15.7 Å². The molecule has 2 aromatic rings. The van der Waals surface area contributed by atoms with Crippen molar-refractivity contribution in [2.45, 2.75) is 30.4 Å². The molecule has 10 nitrogen and oxygen atoms in total. The van der Waals surface area contributed by atoms with E-state index < -0.39 is 37.8 Å². The second kappa shape index (κ2) is 8.58. The topological polar surface area (TPSA) is 142 Å². The van der Waals surface area contributed by atoms with E-state index in [9.17, 15) is 26.4 Å². The Kier molecular flexibility index (Phi) is 5.67. The summed E-state index contributed by atoms with van der Waals surface area (Å²) in [6.45, 7) is 0.0923. The molecule has 4 aliphatic rings. The Morgan fingerprint density at radius 1 is 1.16 bits per heavy atom. The SMILES string of the molecule is CS(=O)(=O)NCc1csc2c1S(=O)(=O)N=C(C1C(=O)C3C4C=CC(C4)C3N(Cc3ccccc3)C1=O)N2. The van der Waals surface area contributed by atoms with E-state index in [-0.39, 0.29) is 51.5 Å². The van der Waals surface area contributed by atoms with Crippen molar-refractivity contribution < 1.29 is 26.4 Å². The van der Waals surface area contributed by atoms with Crippen LogP contribution in [0, 0.1) is 23.7 Å². The summed E-state index contributed by atoms with van der Waals surface area (Å²) in [4.78, 5) is 29.2. The minimum atomic E-state index is -4.29. The van der Waals surface area contributed by atoms with E-state index in [2.05, 4.69) is 20.5 Å². The largest absolute Gasteiger partial charge is 0.333 e. The van der Waals surface area contributed by atoms with Crippen LogP contribution >= 0.6 is 11.3 Å². The van der Waals surface area contributed by atoms with Gasteiger partial charge in [0.15, 0.2) is 11.7 Å². The minimum Gasteiger partial charge on any atom is -0.333 e. The number of sulfonamides is 2. The van der Waals surface area contributed by atoms with E-state index in [4.69, 9.17) is 0 Å². The number of fused-ring (bicyclic) bond motifs is 6. The van der Waals surface area contributed by atoms with Crippen molar-refractivity contribution >= 4 is 53.9 Å². The Morgan fingerprint density at radius 3 is 2.62 bits per heavy atom. The summed E-state index contributed by atoms with van der Waals surface area (Å²) in [6.07, 6.45) is 5.88. The van der Waals surface area contributed by atoms with Crippen LogP contribution in [0.15, 0.2) is 57.2 Å². The number of hydrogen-bond acceptors (Lipinski definition) is 8.